The lowest BCUT2D eigenvalue weighted by molar-refractivity contribution is -0.117. The number of aliphatic hydroxyl groups is 2. The second kappa shape index (κ2) is 7.02. The fourth-order valence-electron chi connectivity index (χ4n) is 2.57. The van der Waals surface area contributed by atoms with Crippen molar-refractivity contribution in [2.75, 3.05) is 6.61 Å². The van der Waals surface area contributed by atoms with Crippen LogP contribution >= 0.6 is 0 Å². The molecule has 0 aromatic carbocycles. The molecular weight excluding hydrogens is 254 g/mol. The third-order valence-corrected chi connectivity index (χ3v) is 3.65. The predicted octanol–water partition coefficient (Wildman–Crippen LogP) is 3.20. The third-order valence-electron chi connectivity index (χ3n) is 3.65. The van der Waals surface area contributed by atoms with Crippen molar-refractivity contribution in [2.45, 2.75) is 65.8 Å². The molecule has 1 atom stereocenters. The zero-order chi connectivity index (χ0) is 15.3. The van der Waals surface area contributed by atoms with Crippen molar-refractivity contribution in [1.29, 1.82) is 0 Å². The van der Waals surface area contributed by atoms with Gasteiger partial charge in [0, 0.05) is 18.6 Å². The highest BCUT2D eigenvalue weighted by atomic mass is 16.3. The fourth-order valence-corrected chi connectivity index (χ4v) is 2.57. The average Bonchev–Trinajstić information content (AvgIpc) is 2.34. The molecule has 0 aromatic rings. The number of Topliss-reactive ketones (excluding diaryl/α,β-unsaturated/α-hetero) is 1. The maximum atomic E-state index is 12.3. The first-order valence-electron chi connectivity index (χ1n) is 7.47. The van der Waals surface area contributed by atoms with Crippen LogP contribution in [0.25, 0.3) is 0 Å². The summed E-state index contributed by atoms with van der Waals surface area (Å²) >= 11 is 0. The molecule has 4 nitrogen and oxygen atoms in total. The van der Waals surface area contributed by atoms with Gasteiger partial charge < -0.3 is 10.2 Å². The molecule has 1 fully saturated rings. The summed E-state index contributed by atoms with van der Waals surface area (Å²) in [5, 5.41) is 19.5. The number of hydrogen-bond acceptors (Lipinski definition) is 4. The molecule has 1 aliphatic carbocycles. The fraction of sp³-hybridized carbons (Fsp3) is 0.750. The van der Waals surface area contributed by atoms with E-state index in [1.165, 1.54) is 0 Å². The Hall–Kier alpha value is -1.16. The second-order valence-electron chi connectivity index (χ2n) is 6.33. The van der Waals surface area contributed by atoms with Gasteiger partial charge in [0.15, 0.2) is 5.78 Å². The van der Waals surface area contributed by atoms with E-state index in [-0.39, 0.29) is 29.6 Å². The summed E-state index contributed by atoms with van der Waals surface area (Å²) in [5.41, 5.74) is 0.927. The van der Waals surface area contributed by atoms with E-state index in [1.54, 1.807) is 0 Å². The van der Waals surface area contributed by atoms with E-state index >= 15 is 0 Å². The Morgan fingerprint density at radius 3 is 2.50 bits per heavy atom. The number of ketones is 1. The Morgan fingerprint density at radius 1 is 1.35 bits per heavy atom. The Labute approximate surface area is 121 Å². The van der Waals surface area contributed by atoms with E-state index in [2.05, 4.69) is 4.99 Å². The number of aliphatic hydroxyl groups excluding tert-OH is 2. The van der Waals surface area contributed by atoms with Crippen molar-refractivity contribution in [3.63, 3.8) is 0 Å². The van der Waals surface area contributed by atoms with Crippen LogP contribution in [0.2, 0.25) is 0 Å². The molecule has 4 heteroatoms. The normalized spacial score (nSPS) is 24.9. The van der Waals surface area contributed by atoms with Gasteiger partial charge in [-0.1, -0.05) is 27.7 Å². The van der Waals surface area contributed by atoms with Gasteiger partial charge in [-0.15, -0.1) is 0 Å². The quantitative estimate of drug-likeness (QED) is 0.600. The van der Waals surface area contributed by atoms with Crippen molar-refractivity contribution in [1.82, 2.24) is 0 Å². The first kappa shape index (κ1) is 16.9. The number of carbonyl (C=O) groups is 1. The Balaban J connectivity index is 3.23. The van der Waals surface area contributed by atoms with Crippen molar-refractivity contribution in [3.05, 3.63) is 11.3 Å². The molecule has 0 radical (unpaired) electrons. The zero-order valence-corrected chi connectivity index (χ0v) is 13.1. The van der Waals surface area contributed by atoms with Gasteiger partial charge in [0.2, 0.25) is 0 Å². The van der Waals surface area contributed by atoms with Crippen LogP contribution in [0.1, 0.15) is 59.8 Å². The number of aliphatic imine (C=N–C) groups is 1. The SMILES string of the molecule is CCC/C(O)=C1/C(=O)CC(C)(C)CC1=NC(CC)CO. The second-order valence-corrected chi connectivity index (χ2v) is 6.33. The minimum atomic E-state index is -0.198. The van der Waals surface area contributed by atoms with Gasteiger partial charge >= 0.3 is 0 Å². The lowest BCUT2D eigenvalue weighted by atomic mass is 9.73. The van der Waals surface area contributed by atoms with Gasteiger partial charge in [-0.3, -0.25) is 9.79 Å². The van der Waals surface area contributed by atoms with E-state index in [9.17, 15) is 15.0 Å². The van der Waals surface area contributed by atoms with E-state index in [0.29, 0.717) is 30.5 Å². The van der Waals surface area contributed by atoms with Gasteiger partial charge in [0.05, 0.1) is 18.2 Å². The highest BCUT2D eigenvalue weighted by molar-refractivity contribution is 6.24. The maximum Gasteiger partial charge on any atom is 0.168 e. The third kappa shape index (κ3) is 4.17. The molecule has 1 unspecified atom stereocenters. The summed E-state index contributed by atoms with van der Waals surface area (Å²) < 4.78 is 0. The Bertz CT molecular complexity index is 417. The van der Waals surface area contributed by atoms with Crippen molar-refractivity contribution in [2.24, 2.45) is 10.4 Å². The topological polar surface area (TPSA) is 69.9 Å². The summed E-state index contributed by atoms with van der Waals surface area (Å²) in [6, 6.07) is -0.198. The summed E-state index contributed by atoms with van der Waals surface area (Å²) in [4.78, 5) is 16.9. The molecule has 0 saturated heterocycles. The molecule has 0 aliphatic heterocycles. The van der Waals surface area contributed by atoms with E-state index < -0.39 is 0 Å². The number of nitrogens with zero attached hydrogens (tertiary/aromatic N) is 1. The van der Waals surface area contributed by atoms with Crippen molar-refractivity contribution < 1.29 is 15.0 Å². The largest absolute Gasteiger partial charge is 0.511 e. The molecule has 1 saturated carbocycles. The summed E-state index contributed by atoms with van der Waals surface area (Å²) in [6.07, 6.45) is 3.10. The van der Waals surface area contributed by atoms with E-state index in [0.717, 1.165) is 12.8 Å². The van der Waals surface area contributed by atoms with Gasteiger partial charge in [-0.25, -0.2) is 0 Å². The van der Waals surface area contributed by atoms with Gasteiger partial charge in [0.1, 0.15) is 5.76 Å². The summed E-state index contributed by atoms with van der Waals surface area (Å²) in [5.74, 6) is 0.123. The van der Waals surface area contributed by atoms with E-state index in [4.69, 9.17) is 0 Å². The predicted molar refractivity (Wildman–Crippen MR) is 81.2 cm³/mol. The molecule has 0 bridgehead atoms. The average molecular weight is 281 g/mol. The number of hydrogen-bond donors (Lipinski definition) is 2. The highest BCUT2D eigenvalue weighted by Gasteiger charge is 2.36. The molecule has 20 heavy (non-hydrogen) atoms. The molecule has 0 amide bonds. The number of carbonyl (C=O) groups excluding carboxylic acids is 1. The molecule has 1 rings (SSSR count). The lowest BCUT2D eigenvalue weighted by Gasteiger charge is -2.32. The van der Waals surface area contributed by atoms with Crippen LogP contribution in [0.3, 0.4) is 0 Å². The molecule has 0 aromatic heterocycles. The lowest BCUT2D eigenvalue weighted by Crippen LogP contribution is -2.33. The van der Waals surface area contributed by atoms with Crippen LogP contribution in [0.4, 0.5) is 0 Å². The van der Waals surface area contributed by atoms with Gasteiger partial charge in [-0.2, -0.15) is 0 Å². The van der Waals surface area contributed by atoms with Crippen LogP contribution in [-0.4, -0.2) is 34.4 Å². The molecule has 0 heterocycles. The standard InChI is InChI=1S/C16H27NO3/c1-5-7-13(19)15-12(17-11(6-2)10-18)8-16(3,4)9-14(15)20/h11,18-19H,5-10H2,1-4H3/b15-13-,17-12?. The molecule has 1 aliphatic rings. The molecule has 114 valence electrons. The molecular formula is C16H27NO3. The van der Waals surface area contributed by atoms with Gasteiger partial charge in [-0.05, 0) is 24.7 Å². The number of allylic oxidation sites excluding steroid dienone is 2. The smallest absolute Gasteiger partial charge is 0.168 e. The first-order valence-corrected chi connectivity index (χ1v) is 7.47. The maximum absolute atomic E-state index is 12.3. The Kier molecular flexibility index (Phi) is 5.93. The number of rotatable bonds is 5. The van der Waals surface area contributed by atoms with Crippen molar-refractivity contribution in [3.8, 4) is 0 Å². The van der Waals surface area contributed by atoms with Crippen molar-refractivity contribution >= 4 is 11.5 Å². The highest BCUT2D eigenvalue weighted by Crippen LogP contribution is 2.36. The van der Waals surface area contributed by atoms with Crippen LogP contribution in [-0.2, 0) is 4.79 Å². The summed E-state index contributed by atoms with van der Waals surface area (Å²) in [7, 11) is 0. The minimum Gasteiger partial charge on any atom is -0.511 e. The van der Waals surface area contributed by atoms with Crippen LogP contribution in [0.15, 0.2) is 16.3 Å². The zero-order valence-electron chi connectivity index (χ0n) is 13.1. The van der Waals surface area contributed by atoms with Crippen LogP contribution in [0.5, 0.6) is 0 Å². The molecule has 2 N–H and O–H groups in total. The van der Waals surface area contributed by atoms with Crippen LogP contribution < -0.4 is 0 Å². The van der Waals surface area contributed by atoms with Crippen LogP contribution in [0, 0.1) is 5.41 Å². The first-order chi connectivity index (χ1) is 9.34. The minimum absolute atomic E-state index is 0.0289. The Morgan fingerprint density at radius 2 is 2.00 bits per heavy atom. The molecule has 0 spiro atoms. The monoisotopic (exact) mass is 281 g/mol. The van der Waals surface area contributed by atoms with E-state index in [1.807, 2.05) is 27.7 Å². The summed E-state index contributed by atoms with van der Waals surface area (Å²) in [6.45, 7) is 7.96. The van der Waals surface area contributed by atoms with Gasteiger partial charge in [0.25, 0.3) is 0 Å².